The van der Waals surface area contributed by atoms with Gasteiger partial charge in [0, 0.05) is 18.9 Å². The van der Waals surface area contributed by atoms with Crippen molar-refractivity contribution in [1.29, 1.82) is 0 Å². The topological polar surface area (TPSA) is 40.7 Å². The molecule has 0 fully saturated rings. The molecule has 0 aliphatic carbocycles. The molecule has 3 nitrogen and oxygen atoms in total. The highest BCUT2D eigenvalue weighted by atomic mass is 79.9. The largest absolute Gasteiger partial charge is 0.347 e. The normalized spacial score (nSPS) is 12.6. The average molecular weight is 312 g/mol. The molecule has 0 spiro atoms. The number of aromatic amines is 1. The second kappa shape index (κ2) is 6.11. The van der Waals surface area contributed by atoms with Crippen molar-refractivity contribution in [2.24, 2.45) is 0 Å². The van der Waals surface area contributed by atoms with Gasteiger partial charge in [-0.25, -0.2) is 9.37 Å². The number of hydrogen-bond acceptors (Lipinski definition) is 2. The Labute approximate surface area is 114 Å². The summed E-state index contributed by atoms with van der Waals surface area (Å²) >= 11 is 3.19. The number of benzene rings is 1. The number of aromatic nitrogens is 2. The first-order valence-corrected chi connectivity index (χ1v) is 6.66. The number of halogens is 2. The number of H-pyrrole nitrogens is 1. The van der Waals surface area contributed by atoms with Gasteiger partial charge in [-0.1, -0.05) is 13.0 Å². The SMILES string of the molecule is CCC(NCc1ccc(F)c(Br)c1)c1ncc[nH]1. The van der Waals surface area contributed by atoms with Crippen LogP contribution in [0, 0.1) is 5.82 Å². The number of rotatable bonds is 5. The van der Waals surface area contributed by atoms with Crippen molar-refractivity contribution in [1.82, 2.24) is 15.3 Å². The summed E-state index contributed by atoms with van der Waals surface area (Å²) in [4.78, 5) is 7.35. The van der Waals surface area contributed by atoms with E-state index in [2.05, 4.69) is 38.1 Å². The van der Waals surface area contributed by atoms with Crippen LogP contribution in [0.5, 0.6) is 0 Å². The van der Waals surface area contributed by atoms with Gasteiger partial charge < -0.3 is 10.3 Å². The molecular weight excluding hydrogens is 297 g/mol. The lowest BCUT2D eigenvalue weighted by Gasteiger charge is -2.14. The van der Waals surface area contributed by atoms with E-state index in [0.717, 1.165) is 17.8 Å². The average Bonchev–Trinajstić information content (AvgIpc) is 2.88. The highest BCUT2D eigenvalue weighted by Gasteiger charge is 2.10. The van der Waals surface area contributed by atoms with Crippen LogP contribution in [-0.2, 0) is 6.54 Å². The minimum absolute atomic E-state index is 0.184. The second-order valence-corrected chi connectivity index (χ2v) is 4.92. The summed E-state index contributed by atoms with van der Waals surface area (Å²) in [5, 5.41) is 3.40. The van der Waals surface area contributed by atoms with Crippen molar-refractivity contribution >= 4 is 15.9 Å². The van der Waals surface area contributed by atoms with Crippen molar-refractivity contribution < 1.29 is 4.39 Å². The Morgan fingerprint density at radius 3 is 2.94 bits per heavy atom. The molecular formula is C13H15BrFN3. The first kappa shape index (κ1) is 13.2. The Hall–Kier alpha value is -1.20. The molecule has 0 radical (unpaired) electrons. The van der Waals surface area contributed by atoms with E-state index >= 15 is 0 Å². The number of imidazole rings is 1. The summed E-state index contributed by atoms with van der Waals surface area (Å²) in [7, 11) is 0. The van der Waals surface area contributed by atoms with Gasteiger partial charge in [0.1, 0.15) is 11.6 Å². The third kappa shape index (κ3) is 3.17. The summed E-state index contributed by atoms with van der Waals surface area (Å²) in [6, 6.07) is 5.22. The molecule has 1 heterocycles. The minimum atomic E-state index is -0.239. The van der Waals surface area contributed by atoms with Crippen LogP contribution in [0.4, 0.5) is 4.39 Å². The molecule has 0 aliphatic rings. The highest BCUT2D eigenvalue weighted by molar-refractivity contribution is 9.10. The molecule has 2 aromatic rings. The summed E-state index contributed by atoms with van der Waals surface area (Å²) in [5.74, 6) is 0.690. The molecule has 0 saturated heterocycles. The van der Waals surface area contributed by atoms with E-state index in [1.807, 2.05) is 6.20 Å². The summed E-state index contributed by atoms with van der Waals surface area (Å²) < 4.78 is 13.6. The summed E-state index contributed by atoms with van der Waals surface area (Å²) in [6.45, 7) is 2.78. The zero-order valence-electron chi connectivity index (χ0n) is 10.1. The molecule has 1 unspecified atom stereocenters. The van der Waals surface area contributed by atoms with Crippen LogP contribution in [-0.4, -0.2) is 9.97 Å². The van der Waals surface area contributed by atoms with E-state index in [1.54, 1.807) is 18.3 Å². The van der Waals surface area contributed by atoms with Crippen LogP contribution < -0.4 is 5.32 Å². The maximum absolute atomic E-state index is 13.1. The number of nitrogens with zero attached hydrogens (tertiary/aromatic N) is 1. The van der Waals surface area contributed by atoms with Crippen LogP contribution in [0.3, 0.4) is 0 Å². The molecule has 0 saturated carbocycles. The number of nitrogens with one attached hydrogen (secondary N) is 2. The van der Waals surface area contributed by atoms with Crippen molar-refractivity contribution in [3.05, 3.63) is 52.3 Å². The molecule has 5 heteroatoms. The molecule has 0 amide bonds. The smallest absolute Gasteiger partial charge is 0.137 e. The van der Waals surface area contributed by atoms with Crippen LogP contribution >= 0.6 is 15.9 Å². The molecule has 1 atom stereocenters. The van der Waals surface area contributed by atoms with E-state index in [1.165, 1.54) is 6.07 Å². The number of hydrogen-bond donors (Lipinski definition) is 2. The summed E-state index contributed by atoms with van der Waals surface area (Å²) in [6.07, 6.45) is 4.50. The fourth-order valence-corrected chi connectivity index (χ4v) is 2.22. The fourth-order valence-electron chi connectivity index (χ4n) is 1.79. The lowest BCUT2D eigenvalue weighted by molar-refractivity contribution is 0.497. The Morgan fingerprint density at radius 1 is 1.50 bits per heavy atom. The first-order valence-electron chi connectivity index (χ1n) is 5.87. The minimum Gasteiger partial charge on any atom is -0.347 e. The predicted molar refractivity (Wildman–Crippen MR) is 72.6 cm³/mol. The zero-order valence-corrected chi connectivity index (χ0v) is 11.7. The van der Waals surface area contributed by atoms with E-state index in [9.17, 15) is 4.39 Å². The van der Waals surface area contributed by atoms with Crippen LogP contribution in [0.2, 0.25) is 0 Å². The van der Waals surface area contributed by atoms with Crippen molar-refractivity contribution in [2.45, 2.75) is 25.9 Å². The monoisotopic (exact) mass is 311 g/mol. The third-order valence-electron chi connectivity index (χ3n) is 2.79. The van der Waals surface area contributed by atoms with Gasteiger partial charge in [0.2, 0.25) is 0 Å². The molecule has 0 bridgehead atoms. The molecule has 2 N–H and O–H groups in total. The quantitative estimate of drug-likeness (QED) is 0.886. The Balaban J connectivity index is 1.99. The van der Waals surface area contributed by atoms with Gasteiger partial charge >= 0.3 is 0 Å². The molecule has 0 aliphatic heterocycles. The standard InChI is InChI=1S/C13H15BrFN3/c1-2-12(13-16-5-6-17-13)18-8-9-3-4-11(15)10(14)7-9/h3-7,12,18H,2,8H2,1H3,(H,16,17). The van der Waals surface area contributed by atoms with Gasteiger partial charge in [-0.3, -0.25) is 0 Å². The molecule has 2 rings (SSSR count). The fraction of sp³-hybridized carbons (Fsp3) is 0.308. The molecule has 96 valence electrons. The van der Waals surface area contributed by atoms with Crippen LogP contribution in [0.25, 0.3) is 0 Å². The molecule has 18 heavy (non-hydrogen) atoms. The van der Waals surface area contributed by atoms with E-state index < -0.39 is 0 Å². The Bertz CT molecular complexity index is 499. The maximum Gasteiger partial charge on any atom is 0.137 e. The van der Waals surface area contributed by atoms with Crippen molar-refractivity contribution in [2.75, 3.05) is 0 Å². The Kier molecular flexibility index (Phi) is 4.49. The lowest BCUT2D eigenvalue weighted by atomic mass is 10.1. The van der Waals surface area contributed by atoms with Gasteiger partial charge in [-0.15, -0.1) is 0 Å². The van der Waals surface area contributed by atoms with Gasteiger partial charge in [0.05, 0.1) is 10.5 Å². The van der Waals surface area contributed by atoms with Crippen LogP contribution in [0.1, 0.15) is 30.8 Å². The lowest BCUT2D eigenvalue weighted by Crippen LogP contribution is -2.21. The second-order valence-electron chi connectivity index (χ2n) is 4.06. The highest BCUT2D eigenvalue weighted by Crippen LogP contribution is 2.18. The summed E-state index contributed by atoms with van der Waals surface area (Å²) in [5.41, 5.74) is 1.04. The van der Waals surface area contributed by atoms with E-state index in [0.29, 0.717) is 11.0 Å². The van der Waals surface area contributed by atoms with Crippen molar-refractivity contribution in [3.63, 3.8) is 0 Å². The van der Waals surface area contributed by atoms with Gasteiger partial charge in [-0.05, 0) is 40.0 Å². The van der Waals surface area contributed by atoms with E-state index in [4.69, 9.17) is 0 Å². The zero-order chi connectivity index (χ0) is 13.0. The molecule has 1 aromatic heterocycles. The van der Waals surface area contributed by atoms with Gasteiger partial charge in [-0.2, -0.15) is 0 Å². The maximum atomic E-state index is 13.1. The van der Waals surface area contributed by atoms with Crippen LogP contribution in [0.15, 0.2) is 35.1 Å². The van der Waals surface area contributed by atoms with Gasteiger partial charge in [0.25, 0.3) is 0 Å². The van der Waals surface area contributed by atoms with E-state index in [-0.39, 0.29) is 11.9 Å². The Morgan fingerprint density at radius 2 is 2.33 bits per heavy atom. The van der Waals surface area contributed by atoms with Crippen molar-refractivity contribution in [3.8, 4) is 0 Å². The molecule has 1 aromatic carbocycles. The van der Waals surface area contributed by atoms with Gasteiger partial charge in [0.15, 0.2) is 0 Å². The first-order chi connectivity index (χ1) is 8.70. The predicted octanol–water partition coefficient (Wildman–Crippen LogP) is 3.55. The third-order valence-corrected chi connectivity index (χ3v) is 3.40.